The number of rotatable bonds is 4. The number of aliphatic imine (C=N–C) groups is 1. The Labute approximate surface area is 180 Å². The Kier molecular flexibility index (Phi) is 5.35. The molecule has 30 heavy (non-hydrogen) atoms. The summed E-state index contributed by atoms with van der Waals surface area (Å²) in [6.45, 7) is 3.61. The van der Waals surface area contributed by atoms with E-state index in [0.29, 0.717) is 17.5 Å². The average Bonchev–Trinajstić information content (AvgIpc) is 2.76. The highest BCUT2D eigenvalue weighted by Crippen LogP contribution is 2.31. The second-order valence-electron chi connectivity index (χ2n) is 8.32. The van der Waals surface area contributed by atoms with E-state index in [9.17, 15) is 9.50 Å². The quantitative estimate of drug-likeness (QED) is 0.809. The molecule has 0 spiro atoms. The van der Waals surface area contributed by atoms with Crippen LogP contribution in [-0.4, -0.2) is 71.1 Å². The number of aromatic nitrogens is 1. The average molecular weight is 430 g/mol. The van der Waals surface area contributed by atoms with Crippen molar-refractivity contribution in [2.75, 3.05) is 37.8 Å². The summed E-state index contributed by atoms with van der Waals surface area (Å²) in [5, 5.41) is 10.4. The number of nitrogens with zero attached hydrogens (tertiary/aromatic N) is 5. The number of aliphatic hydroxyl groups excluding tert-OH is 1. The Hall–Kier alpha value is -2.22. The molecular formula is C22H25ClFN5O. The van der Waals surface area contributed by atoms with Crippen LogP contribution in [-0.2, 0) is 0 Å². The van der Waals surface area contributed by atoms with Crippen LogP contribution in [0.4, 0.5) is 10.2 Å². The third kappa shape index (κ3) is 3.55. The number of halogens is 2. The first kappa shape index (κ1) is 19.7. The summed E-state index contributed by atoms with van der Waals surface area (Å²) < 4.78 is 14.4. The van der Waals surface area contributed by atoms with Crippen LogP contribution in [0.2, 0.25) is 5.02 Å². The second-order valence-corrected chi connectivity index (χ2v) is 8.72. The largest absolute Gasteiger partial charge is 0.381 e. The Morgan fingerprint density at radius 3 is 2.83 bits per heavy atom. The minimum absolute atomic E-state index is 0.0959. The Balaban J connectivity index is 1.29. The number of piperidine rings is 1. The van der Waals surface area contributed by atoms with Gasteiger partial charge >= 0.3 is 0 Å². The van der Waals surface area contributed by atoms with Crippen molar-refractivity contribution < 1.29 is 9.50 Å². The Morgan fingerprint density at radius 1 is 1.17 bits per heavy atom. The lowest BCUT2D eigenvalue weighted by Crippen LogP contribution is -2.63. The molecule has 1 aromatic carbocycles. The summed E-state index contributed by atoms with van der Waals surface area (Å²) in [7, 11) is 0. The molecule has 1 N–H and O–H groups in total. The fraction of sp³-hybridized carbons (Fsp3) is 0.455. The van der Waals surface area contributed by atoms with Crippen molar-refractivity contribution in [3.05, 3.63) is 47.5 Å². The van der Waals surface area contributed by atoms with Crippen molar-refractivity contribution in [2.24, 2.45) is 10.9 Å². The van der Waals surface area contributed by atoms with Crippen molar-refractivity contribution in [2.45, 2.75) is 24.9 Å². The normalized spacial score (nSPS) is 25.2. The fourth-order valence-electron chi connectivity index (χ4n) is 4.78. The molecule has 5 rings (SSSR count). The van der Waals surface area contributed by atoms with Crippen LogP contribution in [0.25, 0.3) is 10.9 Å². The van der Waals surface area contributed by atoms with Gasteiger partial charge in [0.05, 0.1) is 23.8 Å². The molecule has 6 nitrogen and oxygen atoms in total. The molecule has 158 valence electrons. The van der Waals surface area contributed by atoms with E-state index in [4.69, 9.17) is 11.6 Å². The van der Waals surface area contributed by atoms with Crippen LogP contribution < -0.4 is 4.90 Å². The summed E-state index contributed by atoms with van der Waals surface area (Å²) >= 11 is 5.93. The summed E-state index contributed by atoms with van der Waals surface area (Å²) in [5.74, 6) is 0.757. The number of anilines is 1. The van der Waals surface area contributed by atoms with E-state index in [0.717, 1.165) is 50.2 Å². The van der Waals surface area contributed by atoms with Crippen molar-refractivity contribution >= 4 is 34.5 Å². The highest BCUT2D eigenvalue weighted by Gasteiger charge is 2.38. The maximum absolute atomic E-state index is 14.4. The monoisotopic (exact) mass is 429 g/mol. The van der Waals surface area contributed by atoms with E-state index < -0.39 is 5.82 Å². The van der Waals surface area contributed by atoms with Gasteiger partial charge in [0, 0.05) is 50.2 Å². The first-order valence-corrected chi connectivity index (χ1v) is 10.8. The number of pyridine rings is 1. The Bertz CT molecular complexity index is 993. The van der Waals surface area contributed by atoms with E-state index in [1.807, 2.05) is 24.5 Å². The van der Waals surface area contributed by atoms with Crippen molar-refractivity contribution in [3.8, 4) is 0 Å². The predicted octanol–water partition coefficient (Wildman–Crippen LogP) is 3.10. The lowest BCUT2D eigenvalue weighted by Gasteiger charge is -2.50. The lowest BCUT2D eigenvalue weighted by atomic mass is 9.88. The van der Waals surface area contributed by atoms with Crippen molar-refractivity contribution in [3.63, 3.8) is 0 Å². The van der Waals surface area contributed by atoms with Gasteiger partial charge in [0.25, 0.3) is 0 Å². The maximum Gasteiger partial charge on any atom is 0.168 e. The van der Waals surface area contributed by atoms with E-state index in [1.54, 1.807) is 12.1 Å². The fourth-order valence-corrected chi connectivity index (χ4v) is 4.94. The zero-order chi connectivity index (χ0) is 20.7. The van der Waals surface area contributed by atoms with Gasteiger partial charge < -0.3 is 14.9 Å². The van der Waals surface area contributed by atoms with Gasteiger partial charge in [-0.2, -0.15) is 0 Å². The minimum Gasteiger partial charge on any atom is -0.381 e. The van der Waals surface area contributed by atoms with Crippen molar-refractivity contribution in [1.82, 2.24) is 14.8 Å². The highest BCUT2D eigenvalue weighted by molar-refractivity contribution is 6.31. The molecule has 4 heterocycles. The maximum atomic E-state index is 14.4. The molecule has 0 bridgehead atoms. The first-order chi connectivity index (χ1) is 14.6. The molecule has 0 amide bonds. The number of likely N-dealkylation sites (tertiary alicyclic amines) is 1. The number of hydrogen-bond donors (Lipinski definition) is 1. The van der Waals surface area contributed by atoms with Gasteiger partial charge in [-0.1, -0.05) is 17.7 Å². The number of fused-ring (bicyclic) bond motifs is 1. The molecule has 2 fully saturated rings. The van der Waals surface area contributed by atoms with E-state index in [1.165, 1.54) is 0 Å². The number of benzene rings is 1. The van der Waals surface area contributed by atoms with Crippen LogP contribution >= 0.6 is 11.6 Å². The van der Waals surface area contributed by atoms with Gasteiger partial charge in [0.15, 0.2) is 5.82 Å². The number of hydrogen-bond acceptors (Lipinski definition) is 6. The summed E-state index contributed by atoms with van der Waals surface area (Å²) in [6, 6.07) is 7.78. The van der Waals surface area contributed by atoms with Crippen LogP contribution in [0.1, 0.15) is 12.8 Å². The summed E-state index contributed by atoms with van der Waals surface area (Å²) in [5.41, 5.74) is 0.317. The van der Waals surface area contributed by atoms with Gasteiger partial charge in [-0.3, -0.25) is 9.89 Å². The minimum atomic E-state index is -0.464. The third-order valence-electron chi connectivity index (χ3n) is 6.48. The van der Waals surface area contributed by atoms with E-state index >= 15 is 0 Å². The van der Waals surface area contributed by atoms with Crippen LogP contribution in [0.5, 0.6) is 0 Å². The standard InChI is InChI=1S/C22H25ClFN5O/c23-18-5-3-15-4-6-20(26-22(15)21(18)24)28-12-17(13-28)29-9-7-25-10-19(29)16-2-1-8-27(11-16)14-30/h3-7,9-10,16-17,19,30H,1-2,8,11-14H2. The molecule has 0 saturated carbocycles. The van der Waals surface area contributed by atoms with E-state index in [-0.39, 0.29) is 17.8 Å². The van der Waals surface area contributed by atoms with Gasteiger partial charge in [-0.25, -0.2) is 9.37 Å². The molecule has 3 aliphatic heterocycles. The van der Waals surface area contributed by atoms with Crippen LogP contribution in [0.3, 0.4) is 0 Å². The lowest BCUT2D eigenvalue weighted by molar-refractivity contribution is 0.0450. The zero-order valence-electron chi connectivity index (χ0n) is 16.7. The third-order valence-corrected chi connectivity index (χ3v) is 6.77. The predicted molar refractivity (Wildman–Crippen MR) is 117 cm³/mol. The molecule has 1 aromatic heterocycles. The molecule has 3 aliphatic rings. The van der Waals surface area contributed by atoms with Gasteiger partial charge in [0.1, 0.15) is 11.3 Å². The molecule has 0 aliphatic carbocycles. The molecule has 2 saturated heterocycles. The first-order valence-electron chi connectivity index (χ1n) is 10.4. The molecule has 2 aromatic rings. The highest BCUT2D eigenvalue weighted by atomic mass is 35.5. The van der Waals surface area contributed by atoms with Crippen molar-refractivity contribution in [1.29, 1.82) is 0 Å². The zero-order valence-corrected chi connectivity index (χ0v) is 17.4. The molecule has 2 unspecified atom stereocenters. The molecule has 2 atom stereocenters. The van der Waals surface area contributed by atoms with Gasteiger partial charge in [-0.15, -0.1) is 0 Å². The van der Waals surface area contributed by atoms with Gasteiger partial charge in [0.2, 0.25) is 0 Å². The van der Waals surface area contributed by atoms with Gasteiger partial charge in [-0.05, 0) is 37.0 Å². The molecule has 0 radical (unpaired) electrons. The summed E-state index contributed by atoms with van der Waals surface area (Å²) in [6.07, 6.45) is 8.20. The Morgan fingerprint density at radius 2 is 2.00 bits per heavy atom. The smallest absolute Gasteiger partial charge is 0.168 e. The molecule has 8 heteroatoms. The van der Waals surface area contributed by atoms with Crippen LogP contribution in [0.15, 0.2) is 41.7 Å². The topological polar surface area (TPSA) is 55.2 Å². The molecular weight excluding hydrogens is 405 g/mol. The second kappa shape index (κ2) is 8.13. The SMILES string of the molecule is OCN1CCCC(C2C=NC=CN2C2CN(c3ccc4ccc(Cl)c(F)c4n3)C2)C1. The number of aliphatic hydroxyl groups is 1. The van der Waals surface area contributed by atoms with E-state index in [2.05, 4.69) is 30.9 Å². The van der Waals surface area contributed by atoms with Crippen LogP contribution in [0, 0.1) is 11.7 Å². The summed E-state index contributed by atoms with van der Waals surface area (Å²) in [4.78, 5) is 15.6.